The molecule has 14 aromatic carbocycles. The molecule has 510 valence electrons. The van der Waals surface area contributed by atoms with E-state index in [-0.39, 0.29) is 19.9 Å². The van der Waals surface area contributed by atoms with Crippen molar-refractivity contribution in [1.29, 1.82) is 0 Å². The van der Waals surface area contributed by atoms with Crippen LogP contribution in [0.1, 0.15) is 31.8 Å². The lowest BCUT2D eigenvalue weighted by Gasteiger charge is -2.44. The molecule has 0 radical (unpaired) electrons. The quantitative estimate of drug-likeness (QED) is 0.0677. The topological polar surface area (TPSA) is 128 Å². The van der Waals surface area contributed by atoms with E-state index in [0.717, 1.165) is 95.4 Å². The first kappa shape index (κ1) is 64.4. The lowest BCUT2D eigenvalue weighted by Crippen LogP contribution is -2.61. The number of aromatic nitrogens is 6. The van der Waals surface area contributed by atoms with Gasteiger partial charge in [-0.1, -0.05) is 243 Å². The molecule has 0 saturated heterocycles. The maximum Gasteiger partial charge on any atom is 0.338 e. The number of fused-ring (bicyclic) bond motifs is 7. The van der Waals surface area contributed by atoms with Gasteiger partial charge in [-0.15, -0.1) is 0 Å². The highest BCUT2D eigenvalue weighted by Crippen LogP contribution is 2.46. The van der Waals surface area contributed by atoms with E-state index in [9.17, 15) is 9.59 Å². The molecule has 0 unspecified atom stereocenters. The molecule has 0 atom stereocenters. The van der Waals surface area contributed by atoms with Crippen LogP contribution in [0.15, 0.2) is 358 Å². The zero-order valence-corrected chi connectivity index (χ0v) is 58.3. The van der Waals surface area contributed by atoms with Gasteiger partial charge in [-0.05, 0) is 154 Å². The molecule has 0 spiro atoms. The molecule has 0 N–H and O–H groups in total. The minimum atomic E-state index is -0.495. The number of carbonyl (C=O) groups excluding carboxylic acids is 2. The van der Waals surface area contributed by atoms with Gasteiger partial charge in [0.2, 0.25) is 0 Å². The second-order valence-corrected chi connectivity index (χ2v) is 26.9. The van der Waals surface area contributed by atoms with Gasteiger partial charge in [-0.3, -0.25) is 0 Å². The SMILES string of the molecule is O=C(OCc1ccccc1)c1ccc2c(c1)c1cc(C(=O)OCc3ccccc3)ccc1n2-c1ccc(-c2nc(-c3ccccc3)cc(-c3ccccc3)n2)cc1-c1nc(-c2ccccc2)nc(-c2cccc(-c3ccc(N4c5ccccc5B5c6ccccc6N(c6ccccc6)c6cccc4c65)cc3)c2)n1. The van der Waals surface area contributed by atoms with Crippen LogP contribution in [0.5, 0.6) is 0 Å². The number of carbonyl (C=O) groups is 2. The molecule has 12 nitrogen and oxygen atoms in total. The summed E-state index contributed by atoms with van der Waals surface area (Å²) in [4.78, 5) is 60.3. The van der Waals surface area contributed by atoms with E-state index in [1.54, 1.807) is 12.1 Å². The van der Waals surface area contributed by atoms with E-state index in [1.165, 1.54) is 22.1 Å². The Hall–Kier alpha value is -14.4. The Balaban J connectivity index is 0.762. The Bertz CT molecular complexity index is 6140. The Kier molecular flexibility index (Phi) is 16.5. The number of anilines is 6. The number of hydrogen-bond donors (Lipinski definition) is 0. The van der Waals surface area contributed by atoms with E-state index >= 15 is 0 Å². The molecule has 0 aliphatic carbocycles. The predicted octanol–water partition coefficient (Wildman–Crippen LogP) is 20.2. The van der Waals surface area contributed by atoms with Crippen molar-refractivity contribution >= 4 is 91.0 Å². The van der Waals surface area contributed by atoms with E-state index in [0.29, 0.717) is 62.0 Å². The van der Waals surface area contributed by atoms with Gasteiger partial charge < -0.3 is 23.8 Å². The smallest absolute Gasteiger partial charge is 0.338 e. The van der Waals surface area contributed by atoms with Crippen LogP contribution in [0.4, 0.5) is 34.1 Å². The monoisotopic (exact) mass is 1390 g/mol. The lowest BCUT2D eigenvalue weighted by molar-refractivity contribution is 0.0464. The number of rotatable bonds is 16. The third kappa shape index (κ3) is 12.0. The molecule has 17 aromatic rings. The molecule has 0 saturated carbocycles. The molecule has 13 heteroatoms. The average Bonchev–Trinajstić information content (AvgIpc) is 1.02. The first-order valence-corrected chi connectivity index (χ1v) is 36.0. The van der Waals surface area contributed by atoms with E-state index < -0.39 is 11.9 Å². The second-order valence-electron chi connectivity index (χ2n) is 26.9. The number of ether oxygens (including phenoxy) is 2. The number of nitrogens with zero attached hydrogens (tertiary/aromatic N) is 8. The third-order valence-corrected chi connectivity index (χ3v) is 20.3. The zero-order valence-electron chi connectivity index (χ0n) is 58.3. The van der Waals surface area contributed by atoms with Gasteiger partial charge in [0.1, 0.15) is 13.2 Å². The Labute approximate surface area is 623 Å². The maximum absolute atomic E-state index is 14.2. The summed E-state index contributed by atoms with van der Waals surface area (Å²) in [5, 5.41) is 1.39. The zero-order chi connectivity index (χ0) is 72.0. The van der Waals surface area contributed by atoms with Crippen LogP contribution in [0.2, 0.25) is 0 Å². The van der Waals surface area contributed by atoms with Crippen LogP contribution >= 0.6 is 0 Å². The molecule has 0 bridgehead atoms. The number of para-hydroxylation sites is 3. The van der Waals surface area contributed by atoms with Gasteiger partial charge in [-0.25, -0.2) is 34.5 Å². The molecule has 0 amide bonds. The fraction of sp³-hybridized carbons (Fsp3) is 0.0211. The molecule has 0 fully saturated rings. The molecule has 2 aliphatic rings. The molecule has 19 rings (SSSR count). The van der Waals surface area contributed by atoms with Crippen LogP contribution < -0.4 is 26.2 Å². The lowest BCUT2D eigenvalue weighted by atomic mass is 9.33. The summed E-state index contributed by atoms with van der Waals surface area (Å²) < 4.78 is 14.1. The summed E-state index contributed by atoms with van der Waals surface area (Å²) in [5.74, 6) is 0.762. The highest BCUT2D eigenvalue weighted by atomic mass is 16.5. The summed E-state index contributed by atoms with van der Waals surface area (Å²) >= 11 is 0. The average molecular weight is 1390 g/mol. The summed E-state index contributed by atoms with van der Waals surface area (Å²) in [6.07, 6.45) is 0. The standard InChI is InChI=1S/C95H63BN8O4/c105-94(107-60-62-25-7-1-8-26-62)71-48-53-82-75(57-71)76-58-72(95(106)108-61-63-27-9-2-10-28-63)49-54-83(76)104(82)84-52-47-70(91-97-80(65-29-11-3-12-30-65)59-81(98-91)66-31-13-4-14-32-66)56-77(84)93-100-90(67-33-15-5-16-34-67)99-92(101-93)69-36-23-35-68(55-69)64-45-50-74(51-46-64)103-86-42-22-20-40-79(86)96-78-39-19-21-41-85(78)102(73-37-17-6-18-38-73)87-43-24-44-88(103)89(87)96/h1-59H,60-61H2. The minimum absolute atomic E-state index is 0.0276. The van der Waals surface area contributed by atoms with Crippen molar-refractivity contribution in [3.63, 3.8) is 0 Å². The fourth-order valence-electron chi connectivity index (χ4n) is 15.2. The van der Waals surface area contributed by atoms with E-state index in [4.69, 9.17) is 34.4 Å². The largest absolute Gasteiger partial charge is 0.457 e. The molecular formula is C95H63BN8O4. The van der Waals surface area contributed by atoms with Crippen LogP contribution in [-0.2, 0) is 22.7 Å². The van der Waals surface area contributed by atoms with Crippen molar-refractivity contribution in [2.75, 3.05) is 9.80 Å². The van der Waals surface area contributed by atoms with Gasteiger partial charge in [0.15, 0.2) is 23.3 Å². The summed E-state index contributed by atoms with van der Waals surface area (Å²) in [7, 11) is 0. The van der Waals surface area contributed by atoms with Crippen LogP contribution in [0.3, 0.4) is 0 Å². The molecular weight excluding hydrogens is 1330 g/mol. The van der Waals surface area contributed by atoms with Gasteiger partial charge >= 0.3 is 11.9 Å². The first-order chi connectivity index (χ1) is 53.4. The van der Waals surface area contributed by atoms with Crippen molar-refractivity contribution in [2.45, 2.75) is 13.2 Å². The maximum atomic E-state index is 14.2. The van der Waals surface area contributed by atoms with Crippen LogP contribution in [0, 0.1) is 0 Å². The van der Waals surface area contributed by atoms with E-state index in [2.05, 4.69) is 190 Å². The van der Waals surface area contributed by atoms with Gasteiger partial charge in [0.05, 0.1) is 39.2 Å². The summed E-state index contributed by atoms with van der Waals surface area (Å²) in [6, 6.07) is 121. The van der Waals surface area contributed by atoms with Crippen molar-refractivity contribution in [1.82, 2.24) is 29.5 Å². The molecule has 5 heterocycles. The van der Waals surface area contributed by atoms with Gasteiger partial charge in [0, 0.05) is 78.3 Å². The number of benzene rings is 14. The van der Waals surface area contributed by atoms with Crippen molar-refractivity contribution in [3.8, 4) is 84.9 Å². The van der Waals surface area contributed by atoms with Gasteiger partial charge in [0.25, 0.3) is 6.71 Å². The van der Waals surface area contributed by atoms with Crippen molar-refractivity contribution < 1.29 is 19.1 Å². The van der Waals surface area contributed by atoms with Crippen molar-refractivity contribution in [2.24, 2.45) is 0 Å². The molecule has 2 aliphatic heterocycles. The minimum Gasteiger partial charge on any atom is -0.457 e. The fourth-order valence-corrected chi connectivity index (χ4v) is 15.2. The summed E-state index contributed by atoms with van der Waals surface area (Å²) in [6.45, 7) is 0.205. The molecule has 3 aromatic heterocycles. The normalized spacial score (nSPS) is 12.0. The van der Waals surface area contributed by atoms with Crippen molar-refractivity contribution in [3.05, 3.63) is 380 Å². The van der Waals surface area contributed by atoms with Crippen LogP contribution in [-0.4, -0.2) is 48.1 Å². The number of esters is 2. The Morgan fingerprint density at radius 3 is 1.25 bits per heavy atom. The number of hydrogen-bond acceptors (Lipinski definition) is 11. The summed E-state index contributed by atoms with van der Waals surface area (Å²) in [5.41, 5.74) is 23.3. The first-order valence-electron chi connectivity index (χ1n) is 36.0. The Morgan fingerprint density at radius 2 is 0.704 bits per heavy atom. The highest BCUT2D eigenvalue weighted by molar-refractivity contribution is 7.00. The molecule has 108 heavy (non-hydrogen) atoms. The highest BCUT2D eigenvalue weighted by Gasteiger charge is 2.43. The Morgan fingerprint density at radius 1 is 0.296 bits per heavy atom. The second kappa shape index (κ2) is 27.6. The third-order valence-electron chi connectivity index (χ3n) is 20.3. The predicted molar refractivity (Wildman–Crippen MR) is 433 cm³/mol. The van der Waals surface area contributed by atoms with Crippen LogP contribution in [0.25, 0.3) is 107 Å². The van der Waals surface area contributed by atoms with Gasteiger partial charge in [-0.2, -0.15) is 0 Å². The van der Waals surface area contributed by atoms with E-state index in [1.807, 2.05) is 170 Å².